The summed E-state index contributed by atoms with van der Waals surface area (Å²) in [7, 11) is 0. The maximum Gasteiger partial charge on any atom is 0.248 e. The SMILES string of the molecule is Cc1cc(N)ccc1OC1CCC(F)(F)CC1. The van der Waals surface area contributed by atoms with Crippen LogP contribution in [0.5, 0.6) is 5.75 Å². The Morgan fingerprint density at radius 3 is 2.53 bits per heavy atom. The van der Waals surface area contributed by atoms with E-state index in [1.54, 1.807) is 12.1 Å². The zero-order chi connectivity index (χ0) is 12.5. The van der Waals surface area contributed by atoms with Crippen LogP contribution >= 0.6 is 0 Å². The summed E-state index contributed by atoms with van der Waals surface area (Å²) in [6, 6.07) is 5.39. The fourth-order valence-electron chi connectivity index (χ4n) is 2.12. The Kier molecular flexibility index (Phi) is 3.22. The molecule has 0 heterocycles. The number of hydrogen-bond acceptors (Lipinski definition) is 2. The van der Waals surface area contributed by atoms with Crippen LogP contribution in [-0.2, 0) is 0 Å². The Morgan fingerprint density at radius 1 is 1.29 bits per heavy atom. The highest BCUT2D eigenvalue weighted by atomic mass is 19.3. The summed E-state index contributed by atoms with van der Waals surface area (Å²) >= 11 is 0. The van der Waals surface area contributed by atoms with E-state index in [0.29, 0.717) is 18.5 Å². The monoisotopic (exact) mass is 241 g/mol. The van der Waals surface area contributed by atoms with E-state index in [-0.39, 0.29) is 18.9 Å². The number of anilines is 1. The molecule has 0 spiro atoms. The van der Waals surface area contributed by atoms with E-state index >= 15 is 0 Å². The van der Waals surface area contributed by atoms with E-state index in [9.17, 15) is 8.78 Å². The van der Waals surface area contributed by atoms with Crippen molar-refractivity contribution in [2.45, 2.75) is 44.6 Å². The molecule has 1 aromatic rings. The summed E-state index contributed by atoms with van der Waals surface area (Å²) in [5.74, 6) is -1.76. The number of aryl methyl sites for hydroxylation is 1. The molecule has 0 aliphatic heterocycles. The maximum atomic E-state index is 13.0. The van der Waals surface area contributed by atoms with Gasteiger partial charge in [-0.25, -0.2) is 8.78 Å². The van der Waals surface area contributed by atoms with E-state index in [4.69, 9.17) is 10.5 Å². The van der Waals surface area contributed by atoms with E-state index in [2.05, 4.69) is 0 Å². The van der Waals surface area contributed by atoms with Gasteiger partial charge in [-0.2, -0.15) is 0 Å². The fourth-order valence-corrected chi connectivity index (χ4v) is 2.12. The maximum absolute atomic E-state index is 13.0. The van der Waals surface area contributed by atoms with Gasteiger partial charge in [-0.3, -0.25) is 0 Å². The predicted molar refractivity (Wildman–Crippen MR) is 63.4 cm³/mol. The molecule has 1 aromatic carbocycles. The minimum Gasteiger partial charge on any atom is -0.490 e. The Balaban J connectivity index is 1.98. The van der Waals surface area contributed by atoms with Crippen molar-refractivity contribution < 1.29 is 13.5 Å². The highest BCUT2D eigenvalue weighted by Crippen LogP contribution is 2.35. The van der Waals surface area contributed by atoms with Crippen molar-refractivity contribution in [3.8, 4) is 5.75 Å². The molecule has 2 rings (SSSR count). The molecule has 0 atom stereocenters. The van der Waals surface area contributed by atoms with Crippen LogP contribution in [0.2, 0.25) is 0 Å². The zero-order valence-electron chi connectivity index (χ0n) is 9.88. The first-order valence-electron chi connectivity index (χ1n) is 5.87. The average Bonchev–Trinajstić information content (AvgIpc) is 2.25. The molecular formula is C13H17F2NO. The second-order valence-electron chi connectivity index (χ2n) is 4.70. The number of hydrogen-bond donors (Lipinski definition) is 1. The Hall–Kier alpha value is -1.32. The van der Waals surface area contributed by atoms with Gasteiger partial charge >= 0.3 is 0 Å². The molecule has 1 fully saturated rings. The van der Waals surface area contributed by atoms with Gasteiger partial charge < -0.3 is 10.5 Å². The van der Waals surface area contributed by atoms with Gasteiger partial charge in [0.25, 0.3) is 0 Å². The van der Waals surface area contributed by atoms with E-state index in [1.807, 2.05) is 13.0 Å². The summed E-state index contributed by atoms with van der Waals surface area (Å²) in [5, 5.41) is 0. The second-order valence-corrected chi connectivity index (χ2v) is 4.70. The van der Waals surface area contributed by atoms with Crippen LogP contribution in [0.3, 0.4) is 0 Å². The Morgan fingerprint density at radius 2 is 1.94 bits per heavy atom. The first-order chi connectivity index (χ1) is 7.96. The standard InChI is InChI=1S/C13H17F2NO/c1-9-8-10(16)2-3-12(9)17-11-4-6-13(14,15)7-5-11/h2-3,8,11H,4-7,16H2,1H3. The number of halogens is 2. The van der Waals surface area contributed by atoms with Gasteiger partial charge in [0.05, 0.1) is 6.10 Å². The minimum atomic E-state index is -2.50. The highest BCUT2D eigenvalue weighted by molar-refractivity contribution is 5.47. The summed E-state index contributed by atoms with van der Waals surface area (Å²) in [4.78, 5) is 0. The molecule has 2 N–H and O–H groups in total. The average molecular weight is 241 g/mol. The minimum absolute atomic E-state index is 0.0777. The molecular weight excluding hydrogens is 224 g/mol. The van der Waals surface area contributed by atoms with Gasteiger partial charge in [0.15, 0.2) is 0 Å². The molecule has 0 amide bonds. The normalized spacial score (nSPS) is 20.2. The third-order valence-electron chi connectivity index (χ3n) is 3.16. The van der Waals surface area contributed by atoms with Gasteiger partial charge in [0.1, 0.15) is 5.75 Å². The molecule has 0 unspecified atom stereocenters. The van der Waals surface area contributed by atoms with Crippen molar-refractivity contribution in [3.05, 3.63) is 23.8 Å². The van der Waals surface area contributed by atoms with Crippen molar-refractivity contribution in [1.82, 2.24) is 0 Å². The molecule has 17 heavy (non-hydrogen) atoms. The predicted octanol–water partition coefficient (Wildman–Crippen LogP) is 3.53. The van der Waals surface area contributed by atoms with Crippen molar-refractivity contribution in [2.75, 3.05) is 5.73 Å². The van der Waals surface area contributed by atoms with Crippen molar-refractivity contribution in [2.24, 2.45) is 0 Å². The number of rotatable bonds is 2. The smallest absolute Gasteiger partial charge is 0.248 e. The molecule has 0 saturated heterocycles. The number of alkyl halides is 2. The lowest BCUT2D eigenvalue weighted by molar-refractivity contribution is -0.0583. The molecule has 1 aliphatic rings. The number of ether oxygens (including phenoxy) is 1. The summed E-state index contributed by atoms with van der Waals surface area (Å²) in [6.07, 6.45) is 0.572. The molecule has 94 valence electrons. The fraction of sp³-hybridized carbons (Fsp3) is 0.538. The van der Waals surface area contributed by atoms with Crippen LogP contribution in [0.25, 0.3) is 0 Å². The van der Waals surface area contributed by atoms with Crippen molar-refractivity contribution in [1.29, 1.82) is 0 Å². The molecule has 4 heteroatoms. The Bertz CT molecular complexity index is 396. The molecule has 1 saturated carbocycles. The highest BCUT2D eigenvalue weighted by Gasteiger charge is 2.35. The van der Waals surface area contributed by atoms with Crippen molar-refractivity contribution >= 4 is 5.69 Å². The molecule has 2 nitrogen and oxygen atoms in total. The third-order valence-corrected chi connectivity index (χ3v) is 3.16. The Labute approximate surface area is 99.8 Å². The van der Waals surface area contributed by atoms with Crippen LogP contribution in [0.4, 0.5) is 14.5 Å². The van der Waals surface area contributed by atoms with E-state index < -0.39 is 5.92 Å². The van der Waals surface area contributed by atoms with Crippen molar-refractivity contribution in [3.63, 3.8) is 0 Å². The number of nitrogen functional groups attached to an aromatic ring is 1. The summed E-state index contributed by atoms with van der Waals surface area (Å²) in [5.41, 5.74) is 7.27. The summed E-state index contributed by atoms with van der Waals surface area (Å²) < 4.78 is 31.7. The second kappa shape index (κ2) is 4.51. The lowest BCUT2D eigenvalue weighted by atomic mass is 9.94. The van der Waals surface area contributed by atoms with Gasteiger partial charge in [0, 0.05) is 18.5 Å². The van der Waals surface area contributed by atoms with Crippen LogP contribution in [-0.4, -0.2) is 12.0 Å². The van der Waals surface area contributed by atoms with Gasteiger partial charge in [-0.15, -0.1) is 0 Å². The first kappa shape index (κ1) is 12.1. The largest absolute Gasteiger partial charge is 0.490 e. The van der Waals surface area contributed by atoms with Crippen LogP contribution in [0.15, 0.2) is 18.2 Å². The molecule has 1 aliphatic carbocycles. The first-order valence-corrected chi connectivity index (χ1v) is 5.87. The topological polar surface area (TPSA) is 35.2 Å². The summed E-state index contributed by atoms with van der Waals surface area (Å²) in [6.45, 7) is 1.91. The molecule has 0 aromatic heterocycles. The number of nitrogens with two attached hydrogens (primary N) is 1. The van der Waals surface area contributed by atoms with E-state index in [0.717, 1.165) is 11.3 Å². The lowest BCUT2D eigenvalue weighted by Crippen LogP contribution is -2.30. The number of benzene rings is 1. The van der Waals surface area contributed by atoms with Crippen LogP contribution in [0.1, 0.15) is 31.2 Å². The molecule has 0 radical (unpaired) electrons. The van der Waals surface area contributed by atoms with Gasteiger partial charge in [0.2, 0.25) is 5.92 Å². The van der Waals surface area contributed by atoms with Gasteiger partial charge in [-0.1, -0.05) is 0 Å². The van der Waals surface area contributed by atoms with E-state index in [1.165, 1.54) is 0 Å². The van der Waals surface area contributed by atoms with Crippen LogP contribution in [0, 0.1) is 6.92 Å². The lowest BCUT2D eigenvalue weighted by Gasteiger charge is -2.29. The quantitative estimate of drug-likeness (QED) is 0.804. The molecule has 0 bridgehead atoms. The zero-order valence-corrected chi connectivity index (χ0v) is 9.88. The van der Waals surface area contributed by atoms with Gasteiger partial charge in [-0.05, 0) is 43.5 Å². The third kappa shape index (κ3) is 3.08. The van der Waals surface area contributed by atoms with Crippen LogP contribution < -0.4 is 10.5 Å².